The van der Waals surface area contributed by atoms with E-state index in [1.165, 1.54) is 11.1 Å². The van der Waals surface area contributed by atoms with E-state index in [9.17, 15) is 4.79 Å². The first-order valence-corrected chi connectivity index (χ1v) is 7.28. The molecule has 1 amide bonds. The Hall–Kier alpha value is -1.37. The molecule has 0 atom stereocenters. The van der Waals surface area contributed by atoms with Crippen LogP contribution in [0.1, 0.15) is 21.6 Å². The lowest BCUT2D eigenvalue weighted by molar-refractivity contribution is 0.0722. The van der Waals surface area contributed by atoms with E-state index in [1.54, 1.807) is 10.9 Å². The van der Waals surface area contributed by atoms with Crippen molar-refractivity contribution >= 4 is 28.5 Å². The number of carbonyl (C=O) groups is 1. The minimum atomic E-state index is 0.0684. The topological polar surface area (TPSA) is 38.1 Å². The number of fused-ring (bicyclic) bond motifs is 1. The highest BCUT2D eigenvalue weighted by Crippen LogP contribution is 2.21. The summed E-state index contributed by atoms with van der Waals surface area (Å²) in [5.74, 6) is 0.0684. The summed E-state index contributed by atoms with van der Waals surface area (Å²) < 4.78 is 2.56. The van der Waals surface area contributed by atoms with Crippen LogP contribution in [0.5, 0.6) is 0 Å². The molecule has 0 fully saturated rings. The molecule has 0 radical (unpaired) electrons. The highest BCUT2D eigenvalue weighted by atomic mass is 127. The van der Waals surface area contributed by atoms with E-state index in [0.717, 1.165) is 16.5 Å². The Morgan fingerprint density at radius 3 is 2.74 bits per heavy atom. The third kappa shape index (κ3) is 2.27. The van der Waals surface area contributed by atoms with Gasteiger partial charge in [0.05, 0.1) is 9.77 Å². The van der Waals surface area contributed by atoms with Crippen LogP contribution in [0.2, 0.25) is 0 Å². The van der Waals surface area contributed by atoms with Crippen LogP contribution in [0.4, 0.5) is 0 Å². The van der Waals surface area contributed by atoms with E-state index < -0.39 is 0 Å². The lowest BCUT2D eigenvalue weighted by atomic mass is 10.00. The van der Waals surface area contributed by atoms with Crippen molar-refractivity contribution in [3.8, 4) is 0 Å². The summed E-state index contributed by atoms with van der Waals surface area (Å²) >= 11 is 2.16. The number of amides is 1. The van der Waals surface area contributed by atoms with Crippen LogP contribution in [0.3, 0.4) is 0 Å². The minimum absolute atomic E-state index is 0.0684. The SMILES string of the molecule is Cn1ncc(I)c1C(=O)N1CCc2ccccc2C1. The maximum Gasteiger partial charge on any atom is 0.273 e. The quantitative estimate of drug-likeness (QED) is 0.725. The number of rotatable bonds is 1. The van der Waals surface area contributed by atoms with Crippen molar-refractivity contribution in [3.05, 3.63) is 50.9 Å². The first-order chi connectivity index (χ1) is 9.16. The number of hydrogen-bond donors (Lipinski definition) is 0. The molecule has 3 rings (SSSR count). The Morgan fingerprint density at radius 2 is 2.05 bits per heavy atom. The largest absolute Gasteiger partial charge is 0.333 e. The van der Waals surface area contributed by atoms with Crippen LogP contribution in [0, 0.1) is 3.57 Å². The monoisotopic (exact) mass is 367 g/mol. The van der Waals surface area contributed by atoms with E-state index in [0.29, 0.717) is 12.2 Å². The predicted octanol–water partition coefficient (Wildman–Crippen LogP) is 2.22. The van der Waals surface area contributed by atoms with Gasteiger partial charge in [-0.2, -0.15) is 5.10 Å². The molecule has 0 bridgehead atoms. The Labute approximate surface area is 125 Å². The van der Waals surface area contributed by atoms with Crippen molar-refractivity contribution in [3.63, 3.8) is 0 Å². The average Bonchev–Trinajstić information content (AvgIpc) is 2.77. The Balaban J connectivity index is 1.88. The van der Waals surface area contributed by atoms with Crippen molar-refractivity contribution in [1.29, 1.82) is 0 Å². The molecule has 0 unspecified atom stereocenters. The number of hydrogen-bond acceptors (Lipinski definition) is 2. The highest BCUT2D eigenvalue weighted by molar-refractivity contribution is 14.1. The Bertz CT molecular complexity index is 616. The van der Waals surface area contributed by atoms with Crippen molar-refractivity contribution in [2.45, 2.75) is 13.0 Å². The molecule has 5 heteroatoms. The lowest BCUT2D eigenvalue weighted by Crippen LogP contribution is -2.37. The summed E-state index contributed by atoms with van der Waals surface area (Å²) in [6.45, 7) is 1.47. The maximum absolute atomic E-state index is 12.6. The fourth-order valence-electron chi connectivity index (χ4n) is 2.47. The third-order valence-corrected chi connectivity index (χ3v) is 4.30. The van der Waals surface area contributed by atoms with Gasteiger partial charge in [0, 0.05) is 20.1 Å². The van der Waals surface area contributed by atoms with Crippen molar-refractivity contribution in [1.82, 2.24) is 14.7 Å². The van der Waals surface area contributed by atoms with Gasteiger partial charge in [0.1, 0.15) is 5.69 Å². The summed E-state index contributed by atoms with van der Waals surface area (Å²) in [5, 5.41) is 4.14. The number of carbonyl (C=O) groups excluding carboxylic acids is 1. The molecule has 0 saturated heterocycles. The van der Waals surface area contributed by atoms with E-state index in [4.69, 9.17) is 0 Å². The molecule has 1 aromatic heterocycles. The van der Waals surface area contributed by atoms with E-state index in [1.807, 2.05) is 18.0 Å². The molecule has 98 valence electrons. The number of nitrogens with zero attached hydrogens (tertiary/aromatic N) is 3. The molecule has 0 N–H and O–H groups in total. The maximum atomic E-state index is 12.6. The zero-order valence-corrected chi connectivity index (χ0v) is 12.8. The summed E-state index contributed by atoms with van der Waals surface area (Å²) in [6, 6.07) is 8.33. The predicted molar refractivity (Wildman–Crippen MR) is 80.8 cm³/mol. The fraction of sp³-hybridized carbons (Fsp3) is 0.286. The van der Waals surface area contributed by atoms with E-state index in [2.05, 4.69) is 45.9 Å². The molecule has 0 aliphatic carbocycles. The molecular weight excluding hydrogens is 353 g/mol. The lowest BCUT2D eigenvalue weighted by Gasteiger charge is -2.28. The first-order valence-electron chi connectivity index (χ1n) is 6.20. The summed E-state index contributed by atoms with van der Waals surface area (Å²) in [4.78, 5) is 14.5. The van der Waals surface area contributed by atoms with Crippen molar-refractivity contribution in [2.75, 3.05) is 6.54 Å². The van der Waals surface area contributed by atoms with Gasteiger partial charge in [0.2, 0.25) is 0 Å². The second kappa shape index (κ2) is 4.96. The second-order valence-corrected chi connectivity index (χ2v) is 5.87. The van der Waals surface area contributed by atoms with Gasteiger partial charge < -0.3 is 4.90 Å². The van der Waals surface area contributed by atoms with Crippen LogP contribution >= 0.6 is 22.6 Å². The minimum Gasteiger partial charge on any atom is -0.333 e. The summed E-state index contributed by atoms with van der Waals surface area (Å²) in [5.41, 5.74) is 3.28. The van der Waals surface area contributed by atoms with Gasteiger partial charge in [-0.25, -0.2) is 0 Å². The smallest absolute Gasteiger partial charge is 0.273 e. The Morgan fingerprint density at radius 1 is 1.32 bits per heavy atom. The molecule has 1 aliphatic heterocycles. The third-order valence-electron chi connectivity index (χ3n) is 3.51. The number of halogens is 1. The van der Waals surface area contributed by atoms with Crippen LogP contribution in [-0.4, -0.2) is 27.1 Å². The van der Waals surface area contributed by atoms with E-state index in [-0.39, 0.29) is 5.91 Å². The molecule has 1 aromatic carbocycles. The Kier molecular flexibility index (Phi) is 3.30. The molecule has 0 saturated carbocycles. The molecule has 1 aliphatic rings. The van der Waals surface area contributed by atoms with Gasteiger partial charge >= 0.3 is 0 Å². The molecule has 0 spiro atoms. The van der Waals surface area contributed by atoms with Gasteiger partial charge in [-0.3, -0.25) is 9.48 Å². The van der Waals surface area contributed by atoms with E-state index >= 15 is 0 Å². The van der Waals surface area contributed by atoms with Crippen molar-refractivity contribution in [2.24, 2.45) is 7.05 Å². The van der Waals surface area contributed by atoms with Gasteiger partial charge in [-0.05, 0) is 40.1 Å². The van der Waals surface area contributed by atoms with Crippen LogP contribution in [0.25, 0.3) is 0 Å². The second-order valence-electron chi connectivity index (χ2n) is 4.71. The van der Waals surface area contributed by atoms with Crippen LogP contribution in [-0.2, 0) is 20.0 Å². The van der Waals surface area contributed by atoms with Gasteiger partial charge in [0.25, 0.3) is 5.91 Å². The van der Waals surface area contributed by atoms with Crippen molar-refractivity contribution < 1.29 is 4.79 Å². The summed E-state index contributed by atoms with van der Waals surface area (Å²) in [6.07, 6.45) is 2.65. The number of benzene rings is 1. The highest BCUT2D eigenvalue weighted by Gasteiger charge is 2.25. The van der Waals surface area contributed by atoms with Gasteiger partial charge in [-0.1, -0.05) is 24.3 Å². The standard InChI is InChI=1S/C14H14IN3O/c1-17-13(12(15)8-16-17)14(19)18-7-6-10-4-2-3-5-11(10)9-18/h2-5,8H,6-7,9H2,1H3. The number of aryl methyl sites for hydroxylation is 1. The average molecular weight is 367 g/mol. The van der Waals surface area contributed by atoms with Crippen LogP contribution in [0.15, 0.2) is 30.5 Å². The molecule has 2 heterocycles. The zero-order valence-electron chi connectivity index (χ0n) is 10.6. The van der Waals surface area contributed by atoms with Gasteiger partial charge in [0.15, 0.2) is 0 Å². The fourth-order valence-corrected chi connectivity index (χ4v) is 3.17. The molecular formula is C14H14IN3O. The molecule has 19 heavy (non-hydrogen) atoms. The first kappa shape index (κ1) is 12.7. The van der Waals surface area contributed by atoms with Gasteiger partial charge in [-0.15, -0.1) is 0 Å². The molecule has 4 nitrogen and oxygen atoms in total. The molecule has 2 aromatic rings. The number of aromatic nitrogens is 2. The van der Waals surface area contributed by atoms with Crippen LogP contribution < -0.4 is 0 Å². The summed E-state index contributed by atoms with van der Waals surface area (Å²) in [7, 11) is 1.81. The zero-order chi connectivity index (χ0) is 13.4. The normalized spacial score (nSPS) is 14.3.